The number of thioether (sulfide) groups is 1. The molecule has 0 unspecified atom stereocenters. The van der Waals surface area contributed by atoms with Gasteiger partial charge in [-0.1, -0.05) is 49.9 Å². The van der Waals surface area contributed by atoms with Crippen molar-refractivity contribution in [2.45, 2.75) is 52.9 Å². The Morgan fingerprint density at radius 3 is 2.62 bits per heavy atom. The van der Waals surface area contributed by atoms with E-state index >= 15 is 0 Å². The first-order valence-corrected chi connectivity index (χ1v) is 9.34. The SMILES string of the molecule is Cc1ccccc1CNC(=O)CSc1nc(C)c(C)n1CC(C)C. The molecular weight excluding hydrogens is 318 g/mol. The van der Waals surface area contributed by atoms with Gasteiger partial charge in [0.05, 0.1) is 11.4 Å². The Balaban J connectivity index is 1.92. The molecule has 0 spiro atoms. The molecule has 2 rings (SSSR count). The minimum absolute atomic E-state index is 0.0395. The number of nitrogens with zero attached hydrogens (tertiary/aromatic N) is 2. The number of benzene rings is 1. The van der Waals surface area contributed by atoms with Crippen molar-refractivity contribution in [2.24, 2.45) is 5.92 Å². The summed E-state index contributed by atoms with van der Waals surface area (Å²) < 4.78 is 2.22. The van der Waals surface area contributed by atoms with Crippen LogP contribution in [-0.4, -0.2) is 21.2 Å². The zero-order chi connectivity index (χ0) is 17.7. The van der Waals surface area contributed by atoms with E-state index in [2.05, 4.69) is 48.6 Å². The van der Waals surface area contributed by atoms with Crippen LogP contribution in [0.15, 0.2) is 29.4 Å². The Hall–Kier alpha value is -1.75. The summed E-state index contributed by atoms with van der Waals surface area (Å²) in [6.07, 6.45) is 0. The molecule has 1 amide bonds. The topological polar surface area (TPSA) is 46.9 Å². The fraction of sp³-hybridized carbons (Fsp3) is 0.474. The lowest BCUT2D eigenvalue weighted by molar-refractivity contribution is -0.118. The van der Waals surface area contributed by atoms with Crippen LogP contribution >= 0.6 is 11.8 Å². The number of carbonyl (C=O) groups excluding carboxylic acids is 1. The van der Waals surface area contributed by atoms with Crippen LogP contribution in [0, 0.1) is 26.7 Å². The summed E-state index contributed by atoms with van der Waals surface area (Å²) in [6.45, 7) is 12.1. The highest BCUT2D eigenvalue weighted by atomic mass is 32.2. The van der Waals surface area contributed by atoms with E-state index < -0.39 is 0 Å². The average molecular weight is 346 g/mol. The van der Waals surface area contributed by atoms with Gasteiger partial charge in [-0.15, -0.1) is 0 Å². The summed E-state index contributed by atoms with van der Waals surface area (Å²) in [6, 6.07) is 8.11. The minimum atomic E-state index is 0.0395. The molecule has 0 aliphatic heterocycles. The molecule has 0 saturated carbocycles. The van der Waals surface area contributed by atoms with Crippen LogP contribution < -0.4 is 5.32 Å². The van der Waals surface area contributed by atoms with Gasteiger partial charge in [0.25, 0.3) is 0 Å². The first-order chi connectivity index (χ1) is 11.4. The third-order valence-electron chi connectivity index (χ3n) is 4.04. The number of carbonyl (C=O) groups is 1. The van der Waals surface area contributed by atoms with Gasteiger partial charge in [-0.25, -0.2) is 4.98 Å². The fourth-order valence-electron chi connectivity index (χ4n) is 2.50. The fourth-order valence-corrected chi connectivity index (χ4v) is 3.43. The molecule has 1 aromatic carbocycles. The summed E-state index contributed by atoms with van der Waals surface area (Å²) in [5, 5.41) is 3.93. The second kappa shape index (κ2) is 8.38. The highest BCUT2D eigenvalue weighted by Crippen LogP contribution is 2.22. The maximum absolute atomic E-state index is 12.2. The van der Waals surface area contributed by atoms with Crippen molar-refractivity contribution in [2.75, 3.05) is 5.75 Å². The molecule has 24 heavy (non-hydrogen) atoms. The van der Waals surface area contributed by atoms with Crippen LogP contribution in [0.2, 0.25) is 0 Å². The summed E-state index contributed by atoms with van der Waals surface area (Å²) in [5.74, 6) is 0.976. The number of aromatic nitrogens is 2. The molecule has 1 heterocycles. The molecule has 2 aromatic rings. The predicted molar refractivity (Wildman–Crippen MR) is 100 cm³/mol. The number of hydrogen-bond donors (Lipinski definition) is 1. The van der Waals surface area contributed by atoms with Gasteiger partial charge in [0.1, 0.15) is 0 Å². The number of amides is 1. The molecule has 1 aromatic heterocycles. The van der Waals surface area contributed by atoms with Crippen molar-refractivity contribution < 1.29 is 4.79 Å². The van der Waals surface area contributed by atoms with E-state index in [1.54, 1.807) is 0 Å². The lowest BCUT2D eigenvalue weighted by Gasteiger charge is -2.12. The molecular formula is C19H27N3OS. The second-order valence-corrected chi connectivity index (χ2v) is 7.50. The quantitative estimate of drug-likeness (QED) is 0.775. The third kappa shape index (κ3) is 4.87. The number of rotatable bonds is 7. The van der Waals surface area contributed by atoms with E-state index in [1.165, 1.54) is 23.0 Å². The highest BCUT2D eigenvalue weighted by Gasteiger charge is 2.14. The van der Waals surface area contributed by atoms with Gasteiger partial charge in [-0.2, -0.15) is 0 Å². The molecule has 0 fully saturated rings. The Morgan fingerprint density at radius 1 is 1.25 bits per heavy atom. The number of hydrogen-bond acceptors (Lipinski definition) is 3. The smallest absolute Gasteiger partial charge is 0.230 e. The van der Waals surface area contributed by atoms with Crippen LogP contribution in [0.1, 0.15) is 36.4 Å². The molecule has 5 heteroatoms. The average Bonchev–Trinajstić information content (AvgIpc) is 2.79. The molecule has 0 atom stereocenters. The lowest BCUT2D eigenvalue weighted by atomic mass is 10.1. The van der Waals surface area contributed by atoms with Gasteiger partial charge in [-0.3, -0.25) is 4.79 Å². The number of imidazole rings is 1. The van der Waals surface area contributed by atoms with Crippen LogP contribution in [0.3, 0.4) is 0 Å². The van der Waals surface area contributed by atoms with Gasteiger partial charge >= 0.3 is 0 Å². The molecule has 0 bridgehead atoms. The van der Waals surface area contributed by atoms with E-state index in [4.69, 9.17) is 0 Å². The van der Waals surface area contributed by atoms with E-state index in [9.17, 15) is 4.79 Å². The van der Waals surface area contributed by atoms with Gasteiger partial charge in [-0.05, 0) is 37.8 Å². The van der Waals surface area contributed by atoms with Crippen molar-refractivity contribution in [3.8, 4) is 0 Å². The number of aryl methyl sites for hydroxylation is 2. The van der Waals surface area contributed by atoms with Gasteiger partial charge in [0.2, 0.25) is 5.91 Å². The van der Waals surface area contributed by atoms with E-state index in [0.717, 1.165) is 23.0 Å². The maximum Gasteiger partial charge on any atom is 0.230 e. The minimum Gasteiger partial charge on any atom is -0.351 e. The second-order valence-electron chi connectivity index (χ2n) is 6.56. The molecule has 0 saturated heterocycles. The summed E-state index contributed by atoms with van der Waals surface area (Å²) in [7, 11) is 0. The monoisotopic (exact) mass is 345 g/mol. The van der Waals surface area contributed by atoms with Crippen LogP contribution in [0.5, 0.6) is 0 Å². The summed E-state index contributed by atoms with van der Waals surface area (Å²) in [4.78, 5) is 16.8. The highest BCUT2D eigenvalue weighted by molar-refractivity contribution is 7.99. The largest absolute Gasteiger partial charge is 0.351 e. The third-order valence-corrected chi connectivity index (χ3v) is 5.02. The Kier molecular flexibility index (Phi) is 6.49. The molecule has 130 valence electrons. The molecule has 0 aliphatic rings. The zero-order valence-corrected chi connectivity index (χ0v) is 16.0. The summed E-state index contributed by atoms with van der Waals surface area (Å²) >= 11 is 1.51. The van der Waals surface area contributed by atoms with Gasteiger partial charge in [0, 0.05) is 18.8 Å². The van der Waals surface area contributed by atoms with Crippen molar-refractivity contribution in [3.63, 3.8) is 0 Å². The molecule has 1 N–H and O–H groups in total. The van der Waals surface area contributed by atoms with Crippen molar-refractivity contribution in [1.82, 2.24) is 14.9 Å². The van der Waals surface area contributed by atoms with Gasteiger partial charge in [0.15, 0.2) is 5.16 Å². The van der Waals surface area contributed by atoms with Gasteiger partial charge < -0.3 is 9.88 Å². The summed E-state index contributed by atoms with van der Waals surface area (Å²) in [5.41, 5.74) is 4.58. The standard InChI is InChI=1S/C19H27N3OS/c1-13(2)11-22-16(5)15(4)21-19(22)24-12-18(23)20-10-17-9-7-6-8-14(17)3/h6-9,13H,10-12H2,1-5H3,(H,20,23). The van der Waals surface area contributed by atoms with Crippen LogP contribution in [0.4, 0.5) is 0 Å². The van der Waals surface area contributed by atoms with E-state index in [-0.39, 0.29) is 5.91 Å². The maximum atomic E-state index is 12.2. The van der Waals surface area contributed by atoms with Crippen LogP contribution in [0.25, 0.3) is 0 Å². The Morgan fingerprint density at radius 2 is 1.96 bits per heavy atom. The van der Waals surface area contributed by atoms with Crippen molar-refractivity contribution >= 4 is 17.7 Å². The normalized spacial score (nSPS) is 11.1. The molecule has 0 aliphatic carbocycles. The van der Waals surface area contributed by atoms with Crippen molar-refractivity contribution in [1.29, 1.82) is 0 Å². The van der Waals surface area contributed by atoms with Crippen molar-refractivity contribution in [3.05, 3.63) is 46.8 Å². The lowest BCUT2D eigenvalue weighted by Crippen LogP contribution is -2.25. The first kappa shape index (κ1) is 18.6. The molecule has 0 radical (unpaired) electrons. The number of nitrogens with one attached hydrogen (secondary N) is 1. The van der Waals surface area contributed by atoms with E-state index in [0.29, 0.717) is 18.2 Å². The predicted octanol–water partition coefficient (Wildman–Crippen LogP) is 3.87. The Bertz CT molecular complexity index is 707. The zero-order valence-electron chi connectivity index (χ0n) is 15.2. The van der Waals surface area contributed by atoms with Crippen LogP contribution in [-0.2, 0) is 17.9 Å². The van der Waals surface area contributed by atoms with E-state index in [1.807, 2.05) is 25.1 Å². The first-order valence-electron chi connectivity index (χ1n) is 8.36. The molecule has 4 nitrogen and oxygen atoms in total. The Labute approximate surface area is 149 Å².